The second-order valence-corrected chi connectivity index (χ2v) is 5.37. The molecule has 2 aromatic rings. The molecule has 8 heteroatoms. The minimum absolute atomic E-state index is 0.390. The molecule has 0 unspecified atom stereocenters. The Bertz CT molecular complexity index is 719. The summed E-state index contributed by atoms with van der Waals surface area (Å²) in [6, 6.07) is 8.63. The van der Waals surface area contributed by atoms with Gasteiger partial charge in [-0.15, -0.1) is 0 Å². The number of aromatic nitrogens is 2. The van der Waals surface area contributed by atoms with E-state index >= 15 is 0 Å². The lowest BCUT2D eigenvalue weighted by Crippen LogP contribution is -2.36. The molecule has 8 nitrogen and oxygen atoms in total. The Kier molecular flexibility index (Phi) is 5.63. The van der Waals surface area contributed by atoms with Gasteiger partial charge in [0.2, 0.25) is 0 Å². The van der Waals surface area contributed by atoms with Crippen molar-refractivity contribution in [3.05, 3.63) is 36.7 Å². The first-order valence-electron chi connectivity index (χ1n) is 8.21. The highest BCUT2D eigenvalue weighted by molar-refractivity contribution is 6.00. The molecule has 1 fully saturated rings. The predicted octanol–water partition coefficient (Wildman–Crippen LogP) is 2.36. The van der Waals surface area contributed by atoms with Gasteiger partial charge in [0.25, 0.3) is 0 Å². The summed E-state index contributed by atoms with van der Waals surface area (Å²) in [6.07, 6.45) is 1.44. The maximum atomic E-state index is 12.3. The van der Waals surface area contributed by atoms with E-state index in [-0.39, 0.29) is 0 Å². The number of carbonyl (C=O) groups is 1. The number of hydrogen-bond acceptors (Lipinski definition) is 6. The minimum Gasteiger partial charge on any atom is -0.492 e. The zero-order valence-electron chi connectivity index (χ0n) is 14.1. The van der Waals surface area contributed by atoms with Crippen LogP contribution in [0.25, 0.3) is 0 Å². The molecular formula is C17H21N5O3. The van der Waals surface area contributed by atoms with Crippen molar-refractivity contribution in [2.24, 2.45) is 0 Å². The normalized spacial score (nSPS) is 14.0. The molecule has 0 saturated carbocycles. The molecule has 0 radical (unpaired) electrons. The molecule has 0 spiro atoms. The largest absolute Gasteiger partial charge is 0.492 e. The molecular weight excluding hydrogens is 322 g/mol. The van der Waals surface area contributed by atoms with E-state index in [0.29, 0.717) is 37.1 Å². The Morgan fingerprint density at radius 1 is 1.24 bits per heavy atom. The zero-order valence-corrected chi connectivity index (χ0v) is 14.1. The van der Waals surface area contributed by atoms with Crippen molar-refractivity contribution < 1.29 is 14.3 Å². The molecule has 0 bridgehead atoms. The highest BCUT2D eigenvalue weighted by atomic mass is 16.5. The van der Waals surface area contributed by atoms with Crippen LogP contribution in [0.2, 0.25) is 0 Å². The number of carbonyl (C=O) groups excluding carboxylic acids is 1. The van der Waals surface area contributed by atoms with Gasteiger partial charge in [0.05, 0.1) is 25.5 Å². The number of benzene rings is 1. The third kappa shape index (κ3) is 4.57. The van der Waals surface area contributed by atoms with Crippen LogP contribution in [0, 0.1) is 0 Å². The van der Waals surface area contributed by atoms with Crippen LogP contribution < -0.4 is 20.3 Å². The molecule has 2 N–H and O–H groups in total. The van der Waals surface area contributed by atoms with Crippen molar-refractivity contribution in [2.75, 3.05) is 48.4 Å². The number of rotatable bonds is 5. The van der Waals surface area contributed by atoms with Crippen molar-refractivity contribution >= 4 is 23.4 Å². The molecule has 132 valence electrons. The summed E-state index contributed by atoms with van der Waals surface area (Å²) in [6.45, 7) is 5.29. The Labute approximate surface area is 146 Å². The van der Waals surface area contributed by atoms with Gasteiger partial charge in [-0.1, -0.05) is 12.1 Å². The van der Waals surface area contributed by atoms with Gasteiger partial charge in [-0.3, -0.25) is 5.32 Å². The molecule has 2 amide bonds. The quantitative estimate of drug-likeness (QED) is 0.866. The smallest absolute Gasteiger partial charge is 0.324 e. The molecule has 1 aromatic carbocycles. The Morgan fingerprint density at radius 3 is 2.84 bits per heavy atom. The lowest BCUT2D eigenvalue weighted by Gasteiger charge is -2.27. The standard InChI is InChI=1S/C17H21N5O3/c1-2-25-14-6-4-3-5-13(14)20-17(23)21-15-11-16(19-12-18-15)22-7-9-24-10-8-22/h3-6,11-12H,2,7-10H2,1H3,(H2,18,19,20,21,23). The number of anilines is 3. The first-order chi connectivity index (χ1) is 12.3. The Hall–Kier alpha value is -2.87. The van der Waals surface area contributed by atoms with E-state index in [1.54, 1.807) is 18.2 Å². The first kappa shape index (κ1) is 17.0. The van der Waals surface area contributed by atoms with Gasteiger partial charge in [-0.25, -0.2) is 14.8 Å². The lowest BCUT2D eigenvalue weighted by atomic mass is 10.3. The number of amides is 2. The lowest BCUT2D eigenvalue weighted by molar-refractivity contribution is 0.122. The fraction of sp³-hybridized carbons (Fsp3) is 0.353. The number of para-hydroxylation sites is 2. The monoisotopic (exact) mass is 343 g/mol. The molecule has 25 heavy (non-hydrogen) atoms. The van der Waals surface area contributed by atoms with Crippen molar-refractivity contribution in [3.8, 4) is 5.75 Å². The number of nitrogens with zero attached hydrogens (tertiary/aromatic N) is 3. The fourth-order valence-electron chi connectivity index (χ4n) is 2.50. The Morgan fingerprint density at radius 2 is 2.04 bits per heavy atom. The highest BCUT2D eigenvalue weighted by Gasteiger charge is 2.14. The maximum absolute atomic E-state index is 12.3. The second kappa shape index (κ2) is 8.29. The van der Waals surface area contributed by atoms with Gasteiger partial charge in [0.1, 0.15) is 23.7 Å². The molecule has 1 aliphatic heterocycles. The molecule has 3 rings (SSSR count). The molecule has 0 atom stereocenters. The maximum Gasteiger partial charge on any atom is 0.324 e. The molecule has 1 aliphatic rings. The van der Waals surface area contributed by atoms with Gasteiger partial charge in [0.15, 0.2) is 0 Å². The number of ether oxygens (including phenoxy) is 2. The number of nitrogens with one attached hydrogen (secondary N) is 2. The SMILES string of the molecule is CCOc1ccccc1NC(=O)Nc1cc(N2CCOCC2)ncn1. The van der Waals surface area contributed by atoms with Crippen molar-refractivity contribution in [1.29, 1.82) is 0 Å². The van der Waals surface area contributed by atoms with E-state index in [2.05, 4.69) is 25.5 Å². The fourth-order valence-corrected chi connectivity index (χ4v) is 2.50. The van der Waals surface area contributed by atoms with Gasteiger partial charge in [-0.05, 0) is 19.1 Å². The summed E-state index contributed by atoms with van der Waals surface area (Å²) < 4.78 is 10.8. The van der Waals surface area contributed by atoms with Crippen LogP contribution >= 0.6 is 0 Å². The van der Waals surface area contributed by atoms with Gasteiger partial charge < -0.3 is 19.7 Å². The number of hydrogen-bond donors (Lipinski definition) is 2. The minimum atomic E-state index is -0.390. The van der Waals surface area contributed by atoms with Crippen molar-refractivity contribution in [3.63, 3.8) is 0 Å². The topological polar surface area (TPSA) is 88.6 Å². The molecule has 0 aliphatic carbocycles. The summed E-state index contributed by atoms with van der Waals surface area (Å²) in [5.74, 6) is 1.82. The van der Waals surface area contributed by atoms with Gasteiger partial charge in [0, 0.05) is 19.2 Å². The zero-order chi connectivity index (χ0) is 17.5. The first-order valence-corrected chi connectivity index (χ1v) is 8.21. The van der Waals surface area contributed by atoms with E-state index in [9.17, 15) is 4.79 Å². The van der Waals surface area contributed by atoms with Crippen LogP contribution in [-0.2, 0) is 4.74 Å². The average molecular weight is 343 g/mol. The van der Waals surface area contributed by atoms with Crippen LogP contribution in [-0.4, -0.2) is 48.9 Å². The van der Waals surface area contributed by atoms with Crippen molar-refractivity contribution in [2.45, 2.75) is 6.92 Å². The van der Waals surface area contributed by atoms with Crippen molar-refractivity contribution in [1.82, 2.24) is 9.97 Å². The predicted molar refractivity (Wildman–Crippen MR) is 95.3 cm³/mol. The summed E-state index contributed by atoms with van der Waals surface area (Å²) in [5, 5.41) is 5.50. The highest BCUT2D eigenvalue weighted by Crippen LogP contribution is 2.24. The van der Waals surface area contributed by atoms with Crippen LogP contribution in [0.1, 0.15) is 6.92 Å². The summed E-state index contributed by atoms with van der Waals surface area (Å²) in [7, 11) is 0. The summed E-state index contributed by atoms with van der Waals surface area (Å²) in [5.41, 5.74) is 0.601. The third-order valence-corrected chi connectivity index (χ3v) is 3.66. The second-order valence-electron chi connectivity index (χ2n) is 5.37. The summed E-state index contributed by atoms with van der Waals surface area (Å²) >= 11 is 0. The van der Waals surface area contributed by atoms with Gasteiger partial charge >= 0.3 is 6.03 Å². The summed E-state index contributed by atoms with van der Waals surface area (Å²) in [4.78, 5) is 22.7. The van der Waals surface area contributed by atoms with E-state index in [4.69, 9.17) is 9.47 Å². The number of morpholine rings is 1. The molecule has 1 saturated heterocycles. The van der Waals surface area contributed by atoms with Crippen LogP contribution in [0.15, 0.2) is 36.7 Å². The van der Waals surface area contributed by atoms with Crippen LogP contribution in [0.4, 0.5) is 22.1 Å². The van der Waals surface area contributed by atoms with Gasteiger partial charge in [-0.2, -0.15) is 0 Å². The number of urea groups is 1. The van der Waals surface area contributed by atoms with Crippen LogP contribution in [0.5, 0.6) is 5.75 Å². The van der Waals surface area contributed by atoms with E-state index in [1.807, 2.05) is 19.1 Å². The Balaban J connectivity index is 1.65. The molecule has 1 aromatic heterocycles. The average Bonchev–Trinajstić information content (AvgIpc) is 2.64. The van der Waals surface area contributed by atoms with E-state index < -0.39 is 6.03 Å². The molecule has 2 heterocycles. The van der Waals surface area contributed by atoms with E-state index in [1.165, 1.54) is 6.33 Å². The third-order valence-electron chi connectivity index (χ3n) is 3.66. The van der Waals surface area contributed by atoms with Crippen LogP contribution in [0.3, 0.4) is 0 Å². The van der Waals surface area contributed by atoms with E-state index in [0.717, 1.165) is 18.9 Å².